The largest absolute Gasteiger partial charge is 0.494 e. The van der Waals surface area contributed by atoms with Crippen LogP contribution in [0.5, 0.6) is 5.75 Å². The zero-order valence-corrected chi connectivity index (χ0v) is 14.4. The van der Waals surface area contributed by atoms with Crippen molar-refractivity contribution in [3.05, 3.63) is 41.5 Å². The molecule has 0 spiro atoms. The molecule has 1 saturated heterocycles. The topological polar surface area (TPSA) is 80.5 Å². The fourth-order valence-electron chi connectivity index (χ4n) is 2.89. The number of hydrogen-bond acceptors (Lipinski definition) is 5. The predicted molar refractivity (Wildman–Crippen MR) is 87.8 cm³/mol. The fourth-order valence-corrected chi connectivity index (χ4v) is 2.89. The molecule has 8 heteroatoms. The third kappa shape index (κ3) is 3.21. The lowest BCUT2D eigenvalue weighted by atomic mass is 10.00. The molecule has 0 aliphatic carbocycles. The van der Waals surface area contributed by atoms with Crippen molar-refractivity contribution in [2.24, 2.45) is 0 Å². The highest BCUT2D eigenvalue weighted by Crippen LogP contribution is 2.32. The van der Waals surface area contributed by atoms with Crippen LogP contribution in [0, 0.1) is 5.82 Å². The monoisotopic (exact) mass is 348 g/mol. The number of aliphatic hydroxyl groups is 1. The van der Waals surface area contributed by atoms with E-state index in [1.165, 1.54) is 30.2 Å². The first-order valence-electron chi connectivity index (χ1n) is 8.11. The van der Waals surface area contributed by atoms with Crippen molar-refractivity contribution in [3.8, 4) is 5.75 Å². The summed E-state index contributed by atoms with van der Waals surface area (Å²) in [6, 6.07) is 4.11. The van der Waals surface area contributed by atoms with Crippen LogP contribution in [0.2, 0.25) is 0 Å². The number of benzene rings is 1. The molecule has 1 aromatic carbocycles. The second-order valence-corrected chi connectivity index (χ2v) is 6.54. The van der Waals surface area contributed by atoms with Gasteiger partial charge in [-0.25, -0.2) is 9.07 Å². The Balaban J connectivity index is 1.78. The molecule has 0 bridgehead atoms. The summed E-state index contributed by atoms with van der Waals surface area (Å²) in [5.74, 6) is -0.798. The number of nitrogens with zero attached hydrogens (tertiary/aromatic N) is 4. The third-order valence-corrected chi connectivity index (χ3v) is 4.45. The highest BCUT2D eigenvalue weighted by atomic mass is 19.1. The van der Waals surface area contributed by atoms with Gasteiger partial charge in [-0.05, 0) is 32.0 Å². The number of amides is 1. The van der Waals surface area contributed by atoms with Crippen LogP contribution in [0.1, 0.15) is 42.4 Å². The van der Waals surface area contributed by atoms with Crippen molar-refractivity contribution in [1.29, 1.82) is 0 Å². The van der Waals surface area contributed by atoms with Crippen molar-refractivity contribution in [3.63, 3.8) is 0 Å². The number of β-amino-alcohol motifs (C(OH)–C–C–N with tert-alkyl or cyclic N) is 1. The maximum atomic E-state index is 13.5. The lowest BCUT2D eigenvalue weighted by molar-refractivity contribution is 0.0381. The summed E-state index contributed by atoms with van der Waals surface area (Å²) in [5.41, 5.74) is -0.464. The van der Waals surface area contributed by atoms with E-state index in [0.29, 0.717) is 24.2 Å². The maximum absolute atomic E-state index is 13.5. The number of rotatable bonds is 4. The van der Waals surface area contributed by atoms with Crippen molar-refractivity contribution in [2.45, 2.75) is 31.9 Å². The number of hydrogen-bond donors (Lipinski definition) is 1. The summed E-state index contributed by atoms with van der Waals surface area (Å²) in [7, 11) is 1.35. The minimum atomic E-state index is -1.23. The highest BCUT2D eigenvalue weighted by Gasteiger charge is 2.42. The smallest absolute Gasteiger partial charge is 0.254 e. The Hall–Kier alpha value is -2.48. The van der Waals surface area contributed by atoms with Crippen LogP contribution in [-0.4, -0.2) is 51.1 Å². The summed E-state index contributed by atoms with van der Waals surface area (Å²) >= 11 is 0. The molecule has 1 aliphatic heterocycles. The Kier molecular flexibility index (Phi) is 4.47. The van der Waals surface area contributed by atoms with Gasteiger partial charge in [-0.1, -0.05) is 5.21 Å². The lowest BCUT2D eigenvalue weighted by Crippen LogP contribution is -2.34. The molecule has 2 aromatic rings. The molecule has 1 N–H and O–H groups in total. The first-order valence-corrected chi connectivity index (χ1v) is 8.11. The molecular weight excluding hydrogens is 327 g/mol. The average Bonchev–Trinajstić information content (AvgIpc) is 3.23. The molecule has 1 atom stereocenters. The molecule has 1 fully saturated rings. The number of halogens is 1. The molecule has 134 valence electrons. The number of ether oxygens (including phenoxy) is 1. The SMILES string of the molecule is COc1cc(C(=O)N2CC[C@](O)(c3cn(C(C)C)nn3)C2)ccc1F. The van der Waals surface area contributed by atoms with Crippen LogP contribution >= 0.6 is 0 Å². The van der Waals surface area contributed by atoms with Gasteiger partial charge < -0.3 is 14.7 Å². The first-order chi connectivity index (χ1) is 11.8. The van der Waals surface area contributed by atoms with Gasteiger partial charge in [0.1, 0.15) is 11.3 Å². The number of aromatic nitrogens is 3. The van der Waals surface area contributed by atoms with E-state index in [1.54, 1.807) is 10.9 Å². The Labute approximate surface area is 145 Å². The Morgan fingerprint density at radius 2 is 2.20 bits per heavy atom. The minimum Gasteiger partial charge on any atom is -0.494 e. The van der Waals surface area contributed by atoms with Gasteiger partial charge in [-0.2, -0.15) is 0 Å². The molecule has 0 radical (unpaired) electrons. The quantitative estimate of drug-likeness (QED) is 0.910. The van der Waals surface area contributed by atoms with Crippen LogP contribution in [0.25, 0.3) is 0 Å². The van der Waals surface area contributed by atoms with E-state index in [2.05, 4.69) is 10.3 Å². The normalized spacial score (nSPS) is 20.3. The van der Waals surface area contributed by atoms with E-state index in [9.17, 15) is 14.3 Å². The molecular formula is C17H21FN4O3. The van der Waals surface area contributed by atoms with Crippen LogP contribution < -0.4 is 4.74 Å². The van der Waals surface area contributed by atoms with Crippen molar-refractivity contribution >= 4 is 5.91 Å². The molecule has 0 saturated carbocycles. The van der Waals surface area contributed by atoms with Crippen LogP contribution in [0.15, 0.2) is 24.4 Å². The number of likely N-dealkylation sites (tertiary alicyclic amines) is 1. The molecule has 1 aliphatic rings. The molecule has 1 amide bonds. The number of methoxy groups -OCH3 is 1. The third-order valence-electron chi connectivity index (χ3n) is 4.45. The van der Waals surface area contributed by atoms with Gasteiger partial charge in [0, 0.05) is 24.6 Å². The lowest BCUT2D eigenvalue weighted by Gasteiger charge is -2.21. The van der Waals surface area contributed by atoms with Gasteiger partial charge >= 0.3 is 0 Å². The molecule has 1 aromatic heterocycles. The summed E-state index contributed by atoms with van der Waals surface area (Å²) in [6.07, 6.45) is 2.08. The van der Waals surface area contributed by atoms with Crippen LogP contribution in [0.4, 0.5) is 4.39 Å². The minimum absolute atomic E-state index is 0.0141. The van der Waals surface area contributed by atoms with Gasteiger partial charge in [0.05, 0.1) is 19.9 Å². The van der Waals surface area contributed by atoms with E-state index in [0.717, 1.165) is 0 Å². The van der Waals surface area contributed by atoms with Crippen LogP contribution in [-0.2, 0) is 5.60 Å². The molecule has 7 nitrogen and oxygen atoms in total. The van der Waals surface area contributed by atoms with Crippen LogP contribution in [0.3, 0.4) is 0 Å². The van der Waals surface area contributed by atoms with Gasteiger partial charge in [0.25, 0.3) is 5.91 Å². The Bertz CT molecular complexity index is 792. The van der Waals surface area contributed by atoms with Gasteiger partial charge in [-0.15, -0.1) is 5.10 Å². The van der Waals surface area contributed by atoms with Crippen molar-refractivity contribution in [2.75, 3.05) is 20.2 Å². The highest BCUT2D eigenvalue weighted by molar-refractivity contribution is 5.94. The Morgan fingerprint density at radius 3 is 2.84 bits per heavy atom. The first kappa shape index (κ1) is 17.3. The zero-order valence-electron chi connectivity index (χ0n) is 14.4. The van der Waals surface area contributed by atoms with E-state index < -0.39 is 11.4 Å². The van der Waals surface area contributed by atoms with Crippen molar-refractivity contribution in [1.82, 2.24) is 19.9 Å². The Morgan fingerprint density at radius 1 is 1.44 bits per heavy atom. The molecule has 25 heavy (non-hydrogen) atoms. The summed E-state index contributed by atoms with van der Waals surface area (Å²) in [4.78, 5) is 14.2. The van der Waals surface area contributed by atoms with Gasteiger partial charge in [-0.3, -0.25) is 4.79 Å². The van der Waals surface area contributed by atoms with E-state index in [-0.39, 0.29) is 24.2 Å². The summed E-state index contributed by atoms with van der Waals surface area (Å²) in [6.45, 7) is 4.43. The molecule has 2 heterocycles. The fraction of sp³-hybridized carbons (Fsp3) is 0.471. The second-order valence-electron chi connectivity index (χ2n) is 6.54. The van der Waals surface area contributed by atoms with E-state index in [4.69, 9.17) is 4.74 Å². The summed E-state index contributed by atoms with van der Waals surface area (Å²) in [5, 5.41) is 18.9. The number of carbonyl (C=O) groups excluding carboxylic acids is 1. The predicted octanol–water partition coefficient (Wildman–Crippen LogP) is 1.74. The van der Waals surface area contributed by atoms with E-state index >= 15 is 0 Å². The molecule has 3 rings (SSSR count). The van der Waals surface area contributed by atoms with Crippen molar-refractivity contribution < 1.29 is 19.0 Å². The zero-order chi connectivity index (χ0) is 18.2. The maximum Gasteiger partial charge on any atom is 0.254 e. The van der Waals surface area contributed by atoms with E-state index in [1.807, 2.05) is 13.8 Å². The number of carbonyl (C=O) groups is 1. The van der Waals surface area contributed by atoms with Gasteiger partial charge in [0.15, 0.2) is 11.6 Å². The second kappa shape index (κ2) is 6.44. The van der Waals surface area contributed by atoms with Gasteiger partial charge in [0.2, 0.25) is 0 Å². The molecule has 0 unspecified atom stereocenters. The summed E-state index contributed by atoms with van der Waals surface area (Å²) < 4.78 is 20.1. The average molecular weight is 348 g/mol. The standard InChI is InChI=1S/C17H21FN4O3/c1-11(2)22-9-15(19-20-22)17(24)6-7-21(10-17)16(23)12-4-5-13(18)14(8-12)25-3/h4-5,8-9,11,24H,6-7,10H2,1-3H3/t17-/m1/s1.